The molecule has 1 saturated heterocycles. The molecule has 0 amide bonds. The van der Waals surface area contributed by atoms with Crippen molar-refractivity contribution in [1.82, 2.24) is 5.32 Å². The number of aliphatic carboxylic acids is 1. The molecule has 1 rings (SSSR count). The number of rotatable bonds is 1. The number of halogens is 1. The first-order valence-corrected chi connectivity index (χ1v) is 2.84. The van der Waals surface area contributed by atoms with Gasteiger partial charge in [0.1, 0.15) is 6.04 Å². The van der Waals surface area contributed by atoms with Crippen LogP contribution >= 0.6 is 12.4 Å². The second-order valence-corrected chi connectivity index (χ2v) is 2.19. The summed E-state index contributed by atoms with van der Waals surface area (Å²) in [5.74, 6) is -0.883. The zero-order chi connectivity index (χ0) is 6.85. The maximum Gasteiger partial charge on any atom is 0.320 e. The Kier molecular flexibility index (Phi) is 3.63. The Balaban J connectivity index is 0.000000810. The molecule has 60 valence electrons. The molecule has 5 heteroatoms. The zero-order valence-electron chi connectivity index (χ0n) is 5.28. The van der Waals surface area contributed by atoms with Gasteiger partial charge in [-0.2, -0.15) is 0 Å². The summed E-state index contributed by atoms with van der Waals surface area (Å²) in [6, 6.07) is -0.542. The van der Waals surface area contributed by atoms with E-state index in [0.29, 0.717) is 13.0 Å². The molecule has 0 unspecified atom stereocenters. The van der Waals surface area contributed by atoms with Gasteiger partial charge < -0.3 is 15.5 Å². The molecule has 1 aliphatic heterocycles. The van der Waals surface area contributed by atoms with Gasteiger partial charge in [-0.3, -0.25) is 4.79 Å². The van der Waals surface area contributed by atoms with E-state index in [1.165, 1.54) is 0 Å². The Bertz CT molecular complexity index is 130. The van der Waals surface area contributed by atoms with Crippen LogP contribution in [0.25, 0.3) is 0 Å². The summed E-state index contributed by atoms with van der Waals surface area (Å²) in [5, 5.41) is 19.8. The number of carboxylic acid groups (broad SMARTS) is 1. The van der Waals surface area contributed by atoms with Gasteiger partial charge in [-0.1, -0.05) is 0 Å². The summed E-state index contributed by atoms with van der Waals surface area (Å²) >= 11 is 0. The number of aliphatic hydroxyl groups is 1. The topological polar surface area (TPSA) is 69.6 Å². The quantitative estimate of drug-likeness (QED) is 0.479. The summed E-state index contributed by atoms with van der Waals surface area (Å²) < 4.78 is 0. The largest absolute Gasteiger partial charge is 0.480 e. The van der Waals surface area contributed by atoms with E-state index in [1.54, 1.807) is 0 Å². The van der Waals surface area contributed by atoms with Crippen LogP contribution in [0.4, 0.5) is 0 Å². The maximum atomic E-state index is 10.2. The lowest BCUT2D eigenvalue weighted by molar-refractivity contribution is -0.139. The maximum absolute atomic E-state index is 10.2. The Labute approximate surface area is 64.6 Å². The van der Waals surface area contributed by atoms with Gasteiger partial charge >= 0.3 is 5.97 Å². The summed E-state index contributed by atoms with van der Waals surface area (Å²) in [6.07, 6.45) is -0.152. The van der Waals surface area contributed by atoms with E-state index in [1.807, 2.05) is 0 Å². The Morgan fingerprint density at radius 2 is 2.20 bits per heavy atom. The lowest BCUT2D eigenvalue weighted by atomic mass is 10.2. The zero-order valence-corrected chi connectivity index (χ0v) is 6.10. The number of aliphatic hydroxyl groups excluding tert-OH is 1. The minimum absolute atomic E-state index is 0. The molecular formula is C5H10ClNO3. The number of hydrogen-bond donors (Lipinski definition) is 3. The summed E-state index contributed by atoms with van der Waals surface area (Å²) in [4.78, 5) is 10.2. The van der Waals surface area contributed by atoms with Crippen LogP contribution < -0.4 is 5.32 Å². The van der Waals surface area contributed by atoms with Crippen molar-refractivity contribution in [2.75, 3.05) is 6.54 Å². The fourth-order valence-electron chi connectivity index (χ4n) is 0.905. The Hall–Kier alpha value is -0.320. The van der Waals surface area contributed by atoms with Gasteiger partial charge in [-0.25, -0.2) is 0 Å². The predicted molar refractivity (Wildman–Crippen MR) is 37.3 cm³/mol. The first kappa shape index (κ1) is 9.68. The van der Waals surface area contributed by atoms with Crippen LogP contribution in [0.1, 0.15) is 6.42 Å². The van der Waals surface area contributed by atoms with Crippen molar-refractivity contribution in [3.63, 3.8) is 0 Å². The SMILES string of the molecule is Cl.O=C(O)[C@H]1C[C@H](O)CN1. The van der Waals surface area contributed by atoms with Crippen LogP contribution in [0.3, 0.4) is 0 Å². The second kappa shape index (κ2) is 3.75. The molecule has 3 N–H and O–H groups in total. The van der Waals surface area contributed by atoms with E-state index in [4.69, 9.17) is 10.2 Å². The minimum atomic E-state index is -0.883. The second-order valence-electron chi connectivity index (χ2n) is 2.19. The predicted octanol–water partition coefficient (Wildman–Crippen LogP) is -0.784. The monoisotopic (exact) mass is 167 g/mol. The van der Waals surface area contributed by atoms with E-state index in [9.17, 15) is 4.79 Å². The molecule has 2 atom stereocenters. The Morgan fingerprint density at radius 3 is 2.40 bits per heavy atom. The van der Waals surface area contributed by atoms with Crippen molar-refractivity contribution in [2.24, 2.45) is 0 Å². The first-order chi connectivity index (χ1) is 4.20. The molecule has 0 spiro atoms. The van der Waals surface area contributed by atoms with Crippen molar-refractivity contribution in [3.05, 3.63) is 0 Å². The van der Waals surface area contributed by atoms with Crippen molar-refractivity contribution in [3.8, 4) is 0 Å². The fourth-order valence-corrected chi connectivity index (χ4v) is 0.905. The highest BCUT2D eigenvalue weighted by molar-refractivity contribution is 5.85. The van der Waals surface area contributed by atoms with E-state index in [-0.39, 0.29) is 12.4 Å². The average molecular weight is 168 g/mol. The van der Waals surface area contributed by atoms with Gasteiger partial charge in [0.2, 0.25) is 0 Å². The number of hydrogen-bond acceptors (Lipinski definition) is 3. The normalized spacial score (nSPS) is 31.3. The van der Waals surface area contributed by atoms with Crippen LogP contribution in [0.2, 0.25) is 0 Å². The van der Waals surface area contributed by atoms with Crippen LogP contribution in [0, 0.1) is 0 Å². The number of carbonyl (C=O) groups is 1. The molecular weight excluding hydrogens is 158 g/mol. The average Bonchev–Trinajstić information content (AvgIpc) is 2.14. The highest BCUT2D eigenvalue weighted by atomic mass is 35.5. The molecule has 1 heterocycles. The highest BCUT2D eigenvalue weighted by Crippen LogP contribution is 2.05. The van der Waals surface area contributed by atoms with Gasteiger partial charge in [-0.05, 0) is 0 Å². The van der Waals surface area contributed by atoms with Crippen LogP contribution in [0.5, 0.6) is 0 Å². The molecule has 0 aromatic rings. The third-order valence-electron chi connectivity index (χ3n) is 1.41. The molecule has 0 bridgehead atoms. The van der Waals surface area contributed by atoms with E-state index in [0.717, 1.165) is 0 Å². The molecule has 4 nitrogen and oxygen atoms in total. The lowest BCUT2D eigenvalue weighted by Gasteiger charge is -1.99. The minimum Gasteiger partial charge on any atom is -0.480 e. The molecule has 0 aromatic carbocycles. The van der Waals surface area contributed by atoms with Gasteiger partial charge in [0.25, 0.3) is 0 Å². The third kappa shape index (κ3) is 2.13. The van der Waals surface area contributed by atoms with E-state index in [2.05, 4.69) is 5.32 Å². The standard InChI is InChI=1S/C5H9NO3.ClH/c7-3-1-4(5(8)9)6-2-3;/h3-4,6-7H,1-2H2,(H,8,9);1H/t3-,4+;/m0./s1. The molecule has 1 fully saturated rings. The van der Waals surface area contributed by atoms with Gasteiger partial charge in [0.15, 0.2) is 0 Å². The molecule has 1 aliphatic rings. The lowest BCUT2D eigenvalue weighted by Crippen LogP contribution is -2.29. The van der Waals surface area contributed by atoms with Crippen molar-refractivity contribution >= 4 is 18.4 Å². The third-order valence-corrected chi connectivity index (χ3v) is 1.41. The molecule has 0 radical (unpaired) electrons. The number of nitrogens with one attached hydrogen (secondary N) is 1. The van der Waals surface area contributed by atoms with E-state index < -0.39 is 18.1 Å². The van der Waals surface area contributed by atoms with Gasteiger partial charge in [0.05, 0.1) is 6.10 Å². The van der Waals surface area contributed by atoms with Crippen LogP contribution in [-0.2, 0) is 4.79 Å². The fraction of sp³-hybridized carbons (Fsp3) is 0.800. The Morgan fingerprint density at radius 1 is 1.60 bits per heavy atom. The summed E-state index contributed by atoms with van der Waals surface area (Å²) in [7, 11) is 0. The van der Waals surface area contributed by atoms with Crippen LogP contribution in [-0.4, -0.2) is 34.9 Å². The van der Waals surface area contributed by atoms with Gasteiger partial charge in [0, 0.05) is 13.0 Å². The van der Waals surface area contributed by atoms with Crippen molar-refractivity contribution in [2.45, 2.75) is 18.6 Å². The smallest absolute Gasteiger partial charge is 0.320 e. The summed E-state index contributed by atoms with van der Waals surface area (Å²) in [6.45, 7) is 0.400. The summed E-state index contributed by atoms with van der Waals surface area (Å²) in [5.41, 5.74) is 0. The molecule has 0 saturated carbocycles. The van der Waals surface area contributed by atoms with Crippen molar-refractivity contribution in [1.29, 1.82) is 0 Å². The number of β-amino-alcohol motifs (C(OH)–C–C–N with tert-alkyl or cyclic N) is 1. The van der Waals surface area contributed by atoms with Crippen molar-refractivity contribution < 1.29 is 15.0 Å². The van der Waals surface area contributed by atoms with Crippen LogP contribution in [0.15, 0.2) is 0 Å². The molecule has 0 aromatic heterocycles. The molecule has 0 aliphatic carbocycles. The highest BCUT2D eigenvalue weighted by Gasteiger charge is 2.27. The first-order valence-electron chi connectivity index (χ1n) is 2.84. The van der Waals surface area contributed by atoms with E-state index >= 15 is 0 Å². The van der Waals surface area contributed by atoms with Gasteiger partial charge in [-0.15, -0.1) is 12.4 Å². The number of carboxylic acids is 1. The molecule has 10 heavy (non-hydrogen) atoms.